The van der Waals surface area contributed by atoms with Gasteiger partial charge < -0.3 is 0 Å². The molecule has 0 spiro atoms. The minimum atomic E-state index is 0.678. The number of benzene rings is 1. The first-order chi connectivity index (χ1) is 6.84. The topological polar surface area (TPSA) is 0 Å². The molecule has 0 saturated carbocycles. The first kappa shape index (κ1) is 11.0. The van der Waals surface area contributed by atoms with E-state index in [4.69, 9.17) is 0 Å². The van der Waals surface area contributed by atoms with Gasteiger partial charge in [-0.05, 0) is 30.7 Å². The Balaban J connectivity index is 2.36. The quantitative estimate of drug-likeness (QED) is 0.595. The fourth-order valence-electron chi connectivity index (χ4n) is 1.58. The molecule has 0 aliphatic carbocycles. The number of hydrogen-bond donors (Lipinski definition) is 0. The molecule has 0 aromatic heterocycles. The van der Waals surface area contributed by atoms with Crippen molar-refractivity contribution in [3.8, 4) is 0 Å². The summed E-state index contributed by atoms with van der Waals surface area (Å²) in [6.07, 6.45) is 8.14. The van der Waals surface area contributed by atoms with E-state index in [1.807, 2.05) is 0 Å². The number of hydrogen-bond acceptors (Lipinski definition) is 0. The van der Waals surface area contributed by atoms with Crippen LogP contribution in [-0.4, -0.2) is 0 Å². The molecule has 0 bridgehead atoms. The Kier molecular flexibility index (Phi) is 5.06. The fraction of sp³-hybridized carbons (Fsp3) is 0.429. The smallest absolute Gasteiger partial charge is 0.0187 e. The van der Waals surface area contributed by atoms with E-state index in [0.717, 1.165) is 6.42 Å². The predicted octanol–water partition coefficient (Wildman–Crippen LogP) is 4.54. The molecule has 14 heavy (non-hydrogen) atoms. The minimum Gasteiger partial charge on any atom is -0.0888 e. The van der Waals surface area contributed by atoms with Crippen LogP contribution in [0.25, 0.3) is 0 Å². The predicted molar refractivity (Wildman–Crippen MR) is 63.5 cm³/mol. The molecule has 0 amide bonds. The monoisotopic (exact) mass is 188 g/mol. The van der Waals surface area contributed by atoms with Crippen molar-refractivity contribution in [3.63, 3.8) is 0 Å². The second kappa shape index (κ2) is 6.42. The number of rotatable bonds is 5. The molecule has 0 aliphatic rings. The summed E-state index contributed by atoms with van der Waals surface area (Å²) in [7, 11) is 0. The van der Waals surface area contributed by atoms with Gasteiger partial charge in [-0.2, -0.15) is 0 Å². The van der Waals surface area contributed by atoms with Crippen molar-refractivity contribution < 1.29 is 0 Å². The Morgan fingerprint density at radius 2 is 1.86 bits per heavy atom. The third kappa shape index (κ3) is 3.78. The van der Waals surface area contributed by atoms with Gasteiger partial charge in [0, 0.05) is 0 Å². The van der Waals surface area contributed by atoms with E-state index in [0.29, 0.717) is 5.92 Å². The molecular formula is C14H20. The van der Waals surface area contributed by atoms with E-state index in [9.17, 15) is 0 Å². The average molecular weight is 188 g/mol. The molecule has 0 saturated heterocycles. The van der Waals surface area contributed by atoms with Crippen molar-refractivity contribution in [2.75, 3.05) is 0 Å². The maximum Gasteiger partial charge on any atom is -0.0187 e. The van der Waals surface area contributed by atoms with Crippen molar-refractivity contribution in [1.82, 2.24) is 0 Å². The molecule has 0 heteroatoms. The van der Waals surface area contributed by atoms with E-state index in [1.54, 1.807) is 0 Å². The van der Waals surface area contributed by atoms with Crippen LogP contribution in [-0.2, 0) is 0 Å². The van der Waals surface area contributed by atoms with Crippen molar-refractivity contribution in [3.05, 3.63) is 48.0 Å². The molecule has 76 valence electrons. The standard InChI is InChI=1S/C14H20/c1-3-4-5-7-10-13(2)14-11-8-6-9-12-14/h4-6,8-9,11-13H,3,7,10H2,1-2H3. The van der Waals surface area contributed by atoms with Crippen molar-refractivity contribution in [2.24, 2.45) is 0 Å². The lowest BCUT2D eigenvalue weighted by Gasteiger charge is -2.09. The number of allylic oxidation sites excluding steroid dienone is 2. The summed E-state index contributed by atoms with van der Waals surface area (Å²) in [4.78, 5) is 0. The lowest BCUT2D eigenvalue weighted by molar-refractivity contribution is 0.690. The SMILES string of the molecule is CCC=CCCC(C)c1ccccc1. The molecule has 0 nitrogen and oxygen atoms in total. The molecule has 1 aromatic carbocycles. The van der Waals surface area contributed by atoms with Crippen LogP contribution < -0.4 is 0 Å². The van der Waals surface area contributed by atoms with Gasteiger partial charge in [0.2, 0.25) is 0 Å². The van der Waals surface area contributed by atoms with Crippen LogP contribution in [0.3, 0.4) is 0 Å². The minimum absolute atomic E-state index is 0.678. The van der Waals surface area contributed by atoms with Crippen molar-refractivity contribution in [1.29, 1.82) is 0 Å². The molecule has 1 unspecified atom stereocenters. The third-order valence-corrected chi connectivity index (χ3v) is 2.54. The summed E-state index contributed by atoms with van der Waals surface area (Å²) in [6.45, 7) is 4.48. The zero-order valence-electron chi connectivity index (χ0n) is 9.24. The molecule has 1 rings (SSSR count). The van der Waals surface area contributed by atoms with E-state index >= 15 is 0 Å². The van der Waals surface area contributed by atoms with Gasteiger partial charge in [-0.15, -0.1) is 0 Å². The largest absolute Gasteiger partial charge is 0.0888 e. The van der Waals surface area contributed by atoms with Gasteiger partial charge in [0.05, 0.1) is 0 Å². The first-order valence-corrected chi connectivity index (χ1v) is 5.54. The molecule has 1 aromatic rings. The molecule has 0 aliphatic heterocycles. The van der Waals surface area contributed by atoms with Crippen molar-refractivity contribution >= 4 is 0 Å². The Labute approximate surface area is 87.7 Å². The van der Waals surface area contributed by atoms with E-state index < -0.39 is 0 Å². The van der Waals surface area contributed by atoms with Gasteiger partial charge in [0.15, 0.2) is 0 Å². The summed E-state index contributed by atoms with van der Waals surface area (Å²) >= 11 is 0. The van der Waals surface area contributed by atoms with Gasteiger partial charge >= 0.3 is 0 Å². The Hall–Kier alpha value is -1.04. The van der Waals surface area contributed by atoms with Gasteiger partial charge in [-0.3, -0.25) is 0 Å². The van der Waals surface area contributed by atoms with Crippen LogP contribution in [0.4, 0.5) is 0 Å². The zero-order valence-corrected chi connectivity index (χ0v) is 9.24. The maximum absolute atomic E-state index is 2.30. The summed E-state index contributed by atoms with van der Waals surface area (Å²) in [5, 5.41) is 0. The van der Waals surface area contributed by atoms with Crippen LogP contribution in [0.2, 0.25) is 0 Å². The Morgan fingerprint density at radius 1 is 1.14 bits per heavy atom. The van der Waals surface area contributed by atoms with Crippen LogP contribution >= 0.6 is 0 Å². The summed E-state index contributed by atoms with van der Waals surface area (Å²) in [5.74, 6) is 0.678. The molecule has 0 radical (unpaired) electrons. The molecule has 1 atom stereocenters. The summed E-state index contributed by atoms with van der Waals surface area (Å²) in [5.41, 5.74) is 1.46. The average Bonchev–Trinajstić information content (AvgIpc) is 2.25. The molecule has 0 N–H and O–H groups in total. The van der Waals surface area contributed by atoms with E-state index in [2.05, 4.69) is 56.3 Å². The zero-order chi connectivity index (χ0) is 10.2. The molecule has 0 heterocycles. The van der Waals surface area contributed by atoms with Gasteiger partial charge in [-0.25, -0.2) is 0 Å². The van der Waals surface area contributed by atoms with E-state index in [1.165, 1.54) is 18.4 Å². The van der Waals surface area contributed by atoms with Crippen LogP contribution in [0, 0.1) is 0 Å². The maximum atomic E-state index is 2.30. The van der Waals surface area contributed by atoms with Gasteiger partial charge in [0.25, 0.3) is 0 Å². The fourth-order valence-corrected chi connectivity index (χ4v) is 1.58. The summed E-state index contributed by atoms with van der Waals surface area (Å²) in [6, 6.07) is 10.7. The highest BCUT2D eigenvalue weighted by Crippen LogP contribution is 2.20. The third-order valence-electron chi connectivity index (χ3n) is 2.54. The highest BCUT2D eigenvalue weighted by molar-refractivity contribution is 5.18. The Morgan fingerprint density at radius 3 is 2.50 bits per heavy atom. The Bertz CT molecular complexity index is 259. The van der Waals surface area contributed by atoms with Crippen LogP contribution in [0.5, 0.6) is 0 Å². The lowest BCUT2D eigenvalue weighted by atomic mass is 9.96. The highest BCUT2D eigenvalue weighted by atomic mass is 14.1. The van der Waals surface area contributed by atoms with Crippen LogP contribution in [0.15, 0.2) is 42.5 Å². The van der Waals surface area contributed by atoms with E-state index in [-0.39, 0.29) is 0 Å². The van der Waals surface area contributed by atoms with Gasteiger partial charge in [-0.1, -0.05) is 56.3 Å². The second-order valence-corrected chi connectivity index (χ2v) is 3.77. The van der Waals surface area contributed by atoms with Gasteiger partial charge in [0.1, 0.15) is 0 Å². The summed E-state index contributed by atoms with van der Waals surface area (Å²) < 4.78 is 0. The normalized spacial score (nSPS) is 13.3. The van der Waals surface area contributed by atoms with Crippen molar-refractivity contribution in [2.45, 2.75) is 39.0 Å². The second-order valence-electron chi connectivity index (χ2n) is 3.77. The van der Waals surface area contributed by atoms with Crippen LogP contribution in [0.1, 0.15) is 44.6 Å². The molecular weight excluding hydrogens is 168 g/mol. The lowest BCUT2D eigenvalue weighted by Crippen LogP contribution is -1.91. The first-order valence-electron chi connectivity index (χ1n) is 5.54. The molecule has 0 fully saturated rings. The highest BCUT2D eigenvalue weighted by Gasteiger charge is 2.02.